The Morgan fingerprint density at radius 2 is 2.10 bits per heavy atom. The van der Waals surface area contributed by atoms with E-state index >= 15 is 0 Å². The number of carbonyl (C=O) groups is 1. The lowest BCUT2D eigenvalue weighted by atomic mass is 9.94. The van der Waals surface area contributed by atoms with Gasteiger partial charge in [0, 0.05) is 29.7 Å². The number of pyridine rings is 1. The van der Waals surface area contributed by atoms with Gasteiger partial charge in [0.1, 0.15) is 0 Å². The van der Waals surface area contributed by atoms with Crippen molar-refractivity contribution in [3.05, 3.63) is 45.5 Å². The summed E-state index contributed by atoms with van der Waals surface area (Å²) in [6.07, 6.45) is 4.27. The van der Waals surface area contributed by atoms with Crippen LogP contribution in [0.2, 0.25) is 0 Å². The molecule has 2 heterocycles. The van der Waals surface area contributed by atoms with Crippen LogP contribution in [0.15, 0.2) is 21.5 Å². The summed E-state index contributed by atoms with van der Waals surface area (Å²) in [4.78, 5) is 28.4. The molecule has 0 saturated heterocycles. The van der Waals surface area contributed by atoms with Gasteiger partial charge in [-0.15, -0.1) is 0 Å². The molecule has 1 fully saturated rings. The van der Waals surface area contributed by atoms with E-state index in [9.17, 15) is 9.59 Å². The summed E-state index contributed by atoms with van der Waals surface area (Å²) < 4.78 is 6.83. The Morgan fingerprint density at radius 1 is 1.24 bits per heavy atom. The number of hydrogen-bond donors (Lipinski definition) is 0. The molecule has 0 N–H and O–H groups in total. The van der Waals surface area contributed by atoms with Gasteiger partial charge in [-0.25, -0.2) is 0 Å². The Hall–Kier alpha value is -2.24. The van der Waals surface area contributed by atoms with Crippen molar-refractivity contribution in [2.45, 2.75) is 44.6 Å². The van der Waals surface area contributed by atoms with Crippen molar-refractivity contribution in [2.24, 2.45) is 0 Å². The third kappa shape index (κ3) is 2.20. The van der Waals surface area contributed by atoms with E-state index in [1.165, 1.54) is 6.07 Å². The first-order valence-electron chi connectivity index (χ1n) is 7.31. The summed E-state index contributed by atoms with van der Waals surface area (Å²) in [5, 5.41) is 3.95. The molecule has 4 rings (SSSR count). The Morgan fingerprint density at radius 3 is 2.90 bits per heavy atom. The van der Waals surface area contributed by atoms with Crippen LogP contribution < -0.4 is 5.56 Å². The SMILES string of the molecule is O=C1CCCc2c1ccc(=O)n2Cc1noc(C2CC2)n1. The maximum Gasteiger partial charge on any atom is 0.251 e. The number of hydrogen-bond acceptors (Lipinski definition) is 5. The molecule has 0 unspecified atom stereocenters. The maximum atomic E-state index is 12.1. The minimum Gasteiger partial charge on any atom is -0.339 e. The van der Waals surface area contributed by atoms with Crippen molar-refractivity contribution in [1.82, 2.24) is 14.7 Å². The highest BCUT2D eigenvalue weighted by Crippen LogP contribution is 2.38. The molecule has 2 aromatic heterocycles. The highest BCUT2D eigenvalue weighted by atomic mass is 16.5. The molecule has 0 radical (unpaired) electrons. The predicted octanol–water partition coefficient (Wildman–Crippen LogP) is 1.68. The monoisotopic (exact) mass is 285 g/mol. The van der Waals surface area contributed by atoms with Crippen molar-refractivity contribution in [3.63, 3.8) is 0 Å². The Balaban J connectivity index is 1.71. The van der Waals surface area contributed by atoms with Crippen LogP contribution in [-0.4, -0.2) is 20.5 Å². The highest BCUT2D eigenvalue weighted by molar-refractivity contribution is 5.97. The third-order valence-corrected chi connectivity index (χ3v) is 4.12. The fourth-order valence-corrected chi connectivity index (χ4v) is 2.84. The Bertz CT molecular complexity index is 771. The average Bonchev–Trinajstić information content (AvgIpc) is 3.22. The van der Waals surface area contributed by atoms with Gasteiger partial charge in [-0.1, -0.05) is 5.16 Å². The number of fused-ring (bicyclic) bond motifs is 1. The molecule has 0 spiro atoms. The van der Waals surface area contributed by atoms with Crippen LogP contribution in [0.1, 0.15) is 59.4 Å². The zero-order valence-electron chi connectivity index (χ0n) is 11.5. The van der Waals surface area contributed by atoms with Crippen molar-refractivity contribution >= 4 is 5.78 Å². The first kappa shape index (κ1) is 12.5. The molecular weight excluding hydrogens is 270 g/mol. The third-order valence-electron chi connectivity index (χ3n) is 4.12. The summed E-state index contributed by atoms with van der Waals surface area (Å²) >= 11 is 0. The number of carbonyl (C=O) groups excluding carboxylic acids is 1. The van der Waals surface area contributed by atoms with Gasteiger partial charge in [-0.05, 0) is 31.7 Å². The van der Waals surface area contributed by atoms with Crippen LogP contribution in [0.3, 0.4) is 0 Å². The lowest BCUT2D eigenvalue weighted by molar-refractivity contribution is 0.0970. The molecule has 2 aliphatic rings. The van der Waals surface area contributed by atoms with Crippen LogP contribution >= 0.6 is 0 Å². The molecule has 1 saturated carbocycles. The molecule has 0 bridgehead atoms. The quantitative estimate of drug-likeness (QED) is 0.857. The molecule has 2 aliphatic carbocycles. The molecule has 6 nitrogen and oxygen atoms in total. The van der Waals surface area contributed by atoms with Crippen LogP contribution in [0, 0.1) is 0 Å². The molecule has 2 aromatic rings. The standard InChI is InChI=1S/C15H15N3O3/c19-12-3-1-2-11-10(12)6-7-14(20)18(11)8-13-16-15(21-17-13)9-4-5-9/h6-7,9H,1-5,8H2. The van der Waals surface area contributed by atoms with Crippen LogP contribution in [0.5, 0.6) is 0 Å². The number of nitrogens with zero attached hydrogens (tertiary/aromatic N) is 3. The topological polar surface area (TPSA) is 78.0 Å². The van der Waals surface area contributed by atoms with Gasteiger partial charge in [-0.3, -0.25) is 9.59 Å². The average molecular weight is 285 g/mol. The number of rotatable bonds is 3. The lowest BCUT2D eigenvalue weighted by Gasteiger charge is -2.18. The smallest absolute Gasteiger partial charge is 0.251 e. The lowest BCUT2D eigenvalue weighted by Crippen LogP contribution is -2.28. The van der Waals surface area contributed by atoms with E-state index in [0.717, 1.165) is 31.4 Å². The Labute approximate surface area is 120 Å². The van der Waals surface area contributed by atoms with E-state index in [0.29, 0.717) is 29.6 Å². The zero-order valence-corrected chi connectivity index (χ0v) is 11.5. The first-order chi connectivity index (χ1) is 10.2. The van der Waals surface area contributed by atoms with Crippen molar-refractivity contribution in [1.29, 1.82) is 0 Å². The number of Topliss-reactive ketones (excluding diaryl/α,β-unsaturated/α-hetero) is 1. The maximum absolute atomic E-state index is 12.1. The molecule has 0 atom stereocenters. The van der Waals surface area contributed by atoms with Gasteiger partial charge in [-0.2, -0.15) is 4.98 Å². The van der Waals surface area contributed by atoms with E-state index in [-0.39, 0.29) is 17.9 Å². The van der Waals surface area contributed by atoms with Gasteiger partial charge in [0.2, 0.25) is 5.89 Å². The minimum absolute atomic E-state index is 0.108. The molecule has 0 aliphatic heterocycles. The second kappa shape index (κ2) is 4.65. The summed E-state index contributed by atoms with van der Waals surface area (Å²) in [7, 11) is 0. The van der Waals surface area contributed by atoms with Gasteiger partial charge in [0.05, 0.1) is 6.54 Å². The van der Waals surface area contributed by atoms with E-state index < -0.39 is 0 Å². The van der Waals surface area contributed by atoms with Crippen LogP contribution in [0.4, 0.5) is 0 Å². The fraction of sp³-hybridized carbons (Fsp3) is 0.467. The van der Waals surface area contributed by atoms with Crippen molar-refractivity contribution in [2.75, 3.05) is 0 Å². The Kier molecular flexibility index (Phi) is 2.77. The second-order valence-electron chi connectivity index (χ2n) is 5.72. The minimum atomic E-state index is -0.124. The summed E-state index contributed by atoms with van der Waals surface area (Å²) in [5.41, 5.74) is 1.34. The predicted molar refractivity (Wildman–Crippen MR) is 73.3 cm³/mol. The van der Waals surface area contributed by atoms with E-state index in [1.54, 1.807) is 10.6 Å². The van der Waals surface area contributed by atoms with Gasteiger partial charge >= 0.3 is 0 Å². The van der Waals surface area contributed by atoms with Gasteiger partial charge in [0.25, 0.3) is 5.56 Å². The molecule has 6 heteroatoms. The van der Waals surface area contributed by atoms with Crippen LogP contribution in [-0.2, 0) is 13.0 Å². The molecule has 21 heavy (non-hydrogen) atoms. The number of ketones is 1. The molecule has 0 amide bonds. The highest BCUT2D eigenvalue weighted by Gasteiger charge is 2.30. The van der Waals surface area contributed by atoms with Crippen molar-refractivity contribution < 1.29 is 9.32 Å². The van der Waals surface area contributed by atoms with E-state index in [2.05, 4.69) is 10.1 Å². The number of aromatic nitrogens is 3. The van der Waals surface area contributed by atoms with E-state index in [4.69, 9.17) is 4.52 Å². The van der Waals surface area contributed by atoms with Gasteiger partial charge < -0.3 is 9.09 Å². The van der Waals surface area contributed by atoms with Crippen molar-refractivity contribution in [3.8, 4) is 0 Å². The molecule has 0 aromatic carbocycles. The van der Waals surface area contributed by atoms with Crippen LogP contribution in [0.25, 0.3) is 0 Å². The fourth-order valence-electron chi connectivity index (χ4n) is 2.84. The zero-order chi connectivity index (χ0) is 14.4. The first-order valence-corrected chi connectivity index (χ1v) is 7.31. The molecule has 108 valence electrons. The largest absolute Gasteiger partial charge is 0.339 e. The normalized spacial score (nSPS) is 17.8. The summed E-state index contributed by atoms with van der Waals surface area (Å²) in [6, 6.07) is 3.09. The molecular formula is C15H15N3O3. The van der Waals surface area contributed by atoms with E-state index in [1.807, 2.05) is 0 Å². The second-order valence-corrected chi connectivity index (χ2v) is 5.72. The summed E-state index contributed by atoms with van der Waals surface area (Å²) in [6.45, 7) is 0.269. The summed E-state index contributed by atoms with van der Waals surface area (Å²) in [5.74, 6) is 1.68. The van der Waals surface area contributed by atoms with Gasteiger partial charge in [0.15, 0.2) is 11.6 Å².